The standard InChI is InChI=1S/C10H14F2N2O2S/c1-3-8-7(2)13-10(14-8)17(15,16)6-4-5-9(11)12/h5H,3-4,6H2,1-2H3,(H,13,14). The molecule has 0 amide bonds. The van der Waals surface area contributed by atoms with Gasteiger partial charge in [0, 0.05) is 5.69 Å². The molecule has 1 rings (SSSR count). The van der Waals surface area contributed by atoms with Crippen LogP contribution < -0.4 is 0 Å². The molecule has 1 aromatic heterocycles. The molecular weight excluding hydrogens is 250 g/mol. The summed E-state index contributed by atoms with van der Waals surface area (Å²) in [5.74, 6) is -0.375. The summed E-state index contributed by atoms with van der Waals surface area (Å²) in [7, 11) is -3.61. The molecule has 0 fully saturated rings. The SMILES string of the molecule is CCc1nc(S(=O)(=O)CCC=C(F)F)[nH]c1C. The zero-order chi connectivity index (χ0) is 13.1. The summed E-state index contributed by atoms with van der Waals surface area (Å²) >= 11 is 0. The van der Waals surface area contributed by atoms with Crippen LogP contribution in [0.4, 0.5) is 8.78 Å². The number of hydrogen-bond acceptors (Lipinski definition) is 3. The third kappa shape index (κ3) is 3.62. The Balaban J connectivity index is 2.86. The maximum atomic E-state index is 11.8. The van der Waals surface area contributed by atoms with Gasteiger partial charge in [0.05, 0.1) is 11.4 Å². The van der Waals surface area contributed by atoms with Crippen LogP contribution >= 0.6 is 0 Å². The summed E-state index contributed by atoms with van der Waals surface area (Å²) in [4.78, 5) is 6.61. The molecule has 0 saturated carbocycles. The minimum atomic E-state index is -3.61. The quantitative estimate of drug-likeness (QED) is 0.887. The Kier molecular flexibility index (Phi) is 4.39. The van der Waals surface area contributed by atoms with E-state index in [0.29, 0.717) is 23.9 Å². The highest BCUT2D eigenvalue weighted by Crippen LogP contribution is 2.13. The average Bonchev–Trinajstić information content (AvgIpc) is 2.59. The largest absolute Gasteiger partial charge is 0.333 e. The van der Waals surface area contributed by atoms with Crippen molar-refractivity contribution < 1.29 is 17.2 Å². The van der Waals surface area contributed by atoms with E-state index >= 15 is 0 Å². The maximum Gasteiger partial charge on any atom is 0.266 e. The second kappa shape index (κ2) is 5.39. The van der Waals surface area contributed by atoms with Gasteiger partial charge in [-0.2, -0.15) is 8.78 Å². The number of hydrogen-bond donors (Lipinski definition) is 1. The van der Waals surface area contributed by atoms with Crippen LogP contribution in [0.1, 0.15) is 24.7 Å². The Labute approximate surface area is 98.7 Å². The minimum Gasteiger partial charge on any atom is -0.333 e. The third-order valence-corrected chi connectivity index (χ3v) is 3.83. The zero-order valence-corrected chi connectivity index (χ0v) is 10.4. The molecule has 0 unspecified atom stereocenters. The molecule has 1 N–H and O–H groups in total. The fourth-order valence-corrected chi connectivity index (χ4v) is 2.56. The lowest BCUT2D eigenvalue weighted by Gasteiger charge is -1.97. The number of nitrogens with one attached hydrogen (secondary N) is 1. The number of H-pyrrole nitrogens is 1. The number of halogens is 2. The normalized spacial score (nSPS) is 11.5. The van der Waals surface area contributed by atoms with Gasteiger partial charge < -0.3 is 4.98 Å². The van der Waals surface area contributed by atoms with Crippen molar-refractivity contribution in [3.8, 4) is 0 Å². The molecule has 96 valence electrons. The molecule has 0 aliphatic heterocycles. The van der Waals surface area contributed by atoms with Gasteiger partial charge in [-0.1, -0.05) is 6.92 Å². The lowest BCUT2D eigenvalue weighted by atomic mass is 10.3. The molecule has 0 radical (unpaired) electrons. The molecule has 0 aliphatic rings. The van der Waals surface area contributed by atoms with Gasteiger partial charge in [0.2, 0.25) is 15.0 Å². The van der Waals surface area contributed by atoms with Crippen LogP contribution in [-0.2, 0) is 16.3 Å². The molecule has 7 heteroatoms. The first-order valence-electron chi connectivity index (χ1n) is 5.16. The van der Waals surface area contributed by atoms with E-state index in [2.05, 4.69) is 9.97 Å². The van der Waals surface area contributed by atoms with Gasteiger partial charge >= 0.3 is 0 Å². The summed E-state index contributed by atoms with van der Waals surface area (Å²) < 4.78 is 47.0. The van der Waals surface area contributed by atoms with Gasteiger partial charge in [-0.05, 0) is 25.8 Å². The van der Waals surface area contributed by atoms with Crippen molar-refractivity contribution in [3.63, 3.8) is 0 Å². The van der Waals surface area contributed by atoms with Crippen molar-refractivity contribution in [2.24, 2.45) is 0 Å². The number of imidazole rings is 1. The Bertz CT molecular complexity index is 516. The van der Waals surface area contributed by atoms with Crippen molar-refractivity contribution in [3.05, 3.63) is 23.5 Å². The fourth-order valence-electron chi connectivity index (χ4n) is 1.38. The first-order valence-corrected chi connectivity index (χ1v) is 6.81. The van der Waals surface area contributed by atoms with Crippen LogP contribution in [0, 0.1) is 6.92 Å². The van der Waals surface area contributed by atoms with Crippen LogP contribution in [0.15, 0.2) is 17.3 Å². The highest BCUT2D eigenvalue weighted by Gasteiger charge is 2.19. The zero-order valence-electron chi connectivity index (χ0n) is 9.63. The number of aromatic nitrogens is 2. The second-order valence-corrected chi connectivity index (χ2v) is 5.59. The smallest absolute Gasteiger partial charge is 0.266 e. The lowest BCUT2D eigenvalue weighted by Crippen LogP contribution is -2.08. The van der Waals surface area contributed by atoms with E-state index in [0.717, 1.165) is 0 Å². The third-order valence-electron chi connectivity index (χ3n) is 2.28. The fraction of sp³-hybridized carbons (Fsp3) is 0.500. The maximum absolute atomic E-state index is 11.8. The van der Waals surface area contributed by atoms with Crippen molar-refractivity contribution in [2.45, 2.75) is 31.8 Å². The summed E-state index contributed by atoms with van der Waals surface area (Å²) in [5.41, 5.74) is 1.37. The molecule has 0 spiro atoms. The lowest BCUT2D eigenvalue weighted by molar-refractivity contribution is 0.418. The van der Waals surface area contributed by atoms with Crippen LogP contribution in [0.25, 0.3) is 0 Å². The van der Waals surface area contributed by atoms with E-state index in [4.69, 9.17) is 0 Å². The summed E-state index contributed by atoms with van der Waals surface area (Å²) in [5, 5.41) is -0.139. The van der Waals surface area contributed by atoms with E-state index in [1.807, 2.05) is 6.92 Å². The first kappa shape index (κ1) is 13.8. The predicted octanol–water partition coefficient (Wildman–Crippen LogP) is 2.22. The highest BCUT2D eigenvalue weighted by atomic mass is 32.2. The Morgan fingerprint density at radius 3 is 2.59 bits per heavy atom. The highest BCUT2D eigenvalue weighted by molar-refractivity contribution is 7.91. The number of nitrogens with zero attached hydrogens (tertiary/aromatic N) is 1. The van der Waals surface area contributed by atoms with E-state index < -0.39 is 15.9 Å². The first-order chi connectivity index (χ1) is 7.86. The number of rotatable bonds is 5. The predicted molar refractivity (Wildman–Crippen MR) is 59.7 cm³/mol. The van der Waals surface area contributed by atoms with E-state index in [1.165, 1.54) is 0 Å². The summed E-state index contributed by atoms with van der Waals surface area (Å²) in [6.45, 7) is 3.59. The topological polar surface area (TPSA) is 62.8 Å². The van der Waals surface area contributed by atoms with Crippen LogP contribution in [0.3, 0.4) is 0 Å². The van der Waals surface area contributed by atoms with E-state index in [1.54, 1.807) is 6.92 Å². The number of allylic oxidation sites excluding steroid dienone is 1. The molecular formula is C10H14F2N2O2S. The number of sulfone groups is 1. The summed E-state index contributed by atoms with van der Waals surface area (Å²) in [6, 6.07) is 0. The molecule has 0 aromatic carbocycles. The average molecular weight is 264 g/mol. The van der Waals surface area contributed by atoms with Crippen LogP contribution in [0.2, 0.25) is 0 Å². The van der Waals surface area contributed by atoms with Gasteiger partial charge in [0.25, 0.3) is 6.08 Å². The van der Waals surface area contributed by atoms with Gasteiger partial charge in [-0.15, -0.1) is 0 Å². The number of aryl methyl sites for hydroxylation is 2. The van der Waals surface area contributed by atoms with Crippen molar-refractivity contribution >= 4 is 9.84 Å². The summed E-state index contributed by atoms with van der Waals surface area (Å²) in [6.07, 6.45) is -0.873. The number of aromatic amines is 1. The molecule has 0 bridgehead atoms. The van der Waals surface area contributed by atoms with Crippen LogP contribution in [-0.4, -0.2) is 24.1 Å². The van der Waals surface area contributed by atoms with Crippen molar-refractivity contribution in [2.75, 3.05) is 5.75 Å². The monoisotopic (exact) mass is 264 g/mol. The second-order valence-electron chi connectivity index (χ2n) is 3.57. The molecule has 0 saturated heterocycles. The molecule has 17 heavy (non-hydrogen) atoms. The molecule has 4 nitrogen and oxygen atoms in total. The van der Waals surface area contributed by atoms with Gasteiger partial charge in [-0.3, -0.25) is 0 Å². The van der Waals surface area contributed by atoms with Gasteiger partial charge in [0.15, 0.2) is 0 Å². The minimum absolute atomic E-state index is 0.139. The van der Waals surface area contributed by atoms with Crippen LogP contribution in [0.5, 0.6) is 0 Å². The Morgan fingerprint density at radius 2 is 2.12 bits per heavy atom. The van der Waals surface area contributed by atoms with Gasteiger partial charge in [-0.25, -0.2) is 13.4 Å². The molecule has 1 heterocycles. The van der Waals surface area contributed by atoms with E-state index in [-0.39, 0.29) is 17.3 Å². The molecule has 1 aromatic rings. The van der Waals surface area contributed by atoms with Crippen molar-refractivity contribution in [1.82, 2.24) is 9.97 Å². The van der Waals surface area contributed by atoms with Gasteiger partial charge in [0.1, 0.15) is 0 Å². The van der Waals surface area contributed by atoms with Crippen molar-refractivity contribution in [1.29, 1.82) is 0 Å². The molecule has 0 aliphatic carbocycles. The Hall–Kier alpha value is -1.24. The Morgan fingerprint density at radius 1 is 1.47 bits per heavy atom. The molecule has 0 atom stereocenters. The van der Waals surface area contributed by atoms with E-state index in [9.17, 15) is 17.2 Å².